The Balaban J connectivity index is 1.75. The first-order chi connectivity index (χ1) is 13.0. The lowest BCUT2D eigenvalue weighted by Gasteiger charge is -2.21. The van der Waals surface area contributed by atoms with Crippen molar-refractivity contribution in [3.8, 4) is 5.75 Å². The maximum absolute atomic E-state index is 12.6. The molecular weight excluding hydrogens is 346 g/mol. The molecule has 0 saturated heterocycles. The molecule has 0 aliphatic carbocycles. The van der Waals surface area contributed by atoms with Gasteiger partial charge < -0.3 is 19.9 Å². The molecule has 0 aromatic heterocycles. The number of likely N-dealkylation sites (N-methyl/N-ethyl adjacent to an activating group) is 1. The summed E-state index contributed by atoms with van der Waals surface area (Å²) in [4.78, 5) is 40.2. The van der Waals surface area contributed by atoms with E-state index in [0.29, 0.717) is 17.0 Å². The van der Waals surface area contributed by atoms with E-state index < -0.39 is 0 Å². The van der Waals surface area contributed by atoms with Crippen molar-refractivity contribution < 1.29 is 19.1 Å². The topological polar surface area (TPSA) is 79.0 Å². The van der Waals surface area contributed by atoms with Gasteiger partial charge in [0.15, 0.2) is 0 Å². The highest BCUT2D eigenvalue weighted by molar-refractivity contribution is 6.11. The number of rotatable bonds is 5. The van der Waals surface area contributed by atoms with Gasteiger partial charge in [-0.15, -0.1) is 0 Å². The Bertz CT molecular complexity index is 881. The third kappa shape index (κ3) is 3.92. The zero-order valence-electron chi connectivity index (χ0n) is 15.3. The van der Waals surface area contributed by atoms with Gasteiger partial charge in [0.25, 0.3) is 5.91 Å². The lowest BCUT2D eigenvalue weighted by Crippen LogP contribution is -2.43. The summed E-state index contributed by atoms with van der Waals surface area (Å²) in [7, 11) is 3.14. The van der Waals surface area contributed by atoms with Gasteiger partial charge in [-0.2, -0.15) is 0 Å². The summed E-state index contributed by atoms with van der Waals surface area (Å²) >= 11 is 0. The highest BCUT2D eigenvalue weighted by atomic mass is 16.5. The van der Waals surface area contributed by atoms with Crippen molar-refractivity contribution in [2.24, 2.45) is 0 Å². The van der Waals surface area contributed by atoms with Crippen LogP contribution in [0.4, 0.5) is 5.69 Å². The van der Waals surface area contributed by atoms with Crippen molar-refractivity contribution in [1.29, 1.82) is 0 Å². The van der Waals surface area contributed by atoms with Crippen LogP contribution in [0.2, 0.25) is 0 Å². The van der Waals surface area contributed by atoms with E-state index in [4.69, 9.17) is 4.74 Å². The first-order valence-electron chi connectivity index (χ1n) is 8.54. The number of methoxy groups -OCH3 is 1. The number of ether oxygens (including phenoxy) is 1. The molecule has 2 aromatic carbocycles. The zero-order valence-corrected chi connectivity index (χ0v) is 15.3. The third-order valence-corrected chi connectivity index (χ3v) is 4.42. The molecule has 140 valence electrons. The number of hydrogen-bond donors (Lipinski definition) is 1. The van der Waals surface area contributed by atoms with Crippen LogP contribution in [0.15, 0.2) is 48.5 Å². The lowest BCUT2D eigenvalue weighted by atomic mass is 10.1. The van der Waals surface area contributed by atoms with Crippen LogP contribution in [0.3, 0.4) is 0 Å². The molecule has 1 N–H and O–H groups in total. The van der Waals surface area contributed by atoms with Crippen LogP contribution < -0.4 is 15.0 Å². The van der Waals surface area contributed by atoms with Crippen LogP contribution in [0, 0.1) is 0 Å². The highest BCUT2D eigenvalue weighted by Crippen LogP contribution is 2.25. The molecule has 0 saturated carbocycles. The summed E-state index contributed by atoms with van der Waals surface area (Å²) < 4.78 is 5.27. The number of para-hydroxylation sites is 2. The SMILES string of the molecule is COc1ccccc1CNC(=O)CN1C(=O)CN(C)C(=O)c2ccccc21. The minimum atomic E-state index is -0.318. The molecule has 3 rings (SSSR count). The van der Waals surface area contributed by atoms with Crippen molar-refractivity contribution in [1.82, 2.24) is 10.2 Å². The van der Waals surface area contributed by atoms with Crippen LogP contribution >= 0.6 is 0 Å². The van der Waals surface area contributed by atoms with Crippen molar-refractivity contribution in [3.05, 3.63) is 59.7 Å². The summed E-state index contributed by atoms with van der Waals surface area (Å²) in [6.07, 6.45) is 0. The minimum Gasteiger partial charge on any atom is -0.496 e. The second-order valence-electron chi connectivity index (χ2n) is 6.25. The van der Waals surface area contributed by atoms with Crippen LogP contribution in [-0.4, -0.2) is 49.9 Å². The summed E-state index contributed by atoms with van der Waals surface area (Å²) in [6, 6.07) is 14.2. The number of benzene rings is 2. The van der Waals surface area contributed by atoms with E-state index >= 15 is 0 Å². The monoisotopic (exact) mass is 367 g/mol. The van der Waals surface area contributed by atoms with Crippen LogP contribution in [-0.2, 0) is 16.1 Å². The molecule has 0 spiro atoms. The highest BCUT2D eigenvalue weighted by Gasteiger charge is 2.30. The van der Waals surface area contributed by atoms with Crippen molar-refractivity contribution in [3.63, 3.8) is 0 Å². The predicted molar refractivity (Wildman–Crippen MR) is 101 cm³/mol. The first-order valence-corrected chi connectivity index (χ1v) is 8.54. The predicted octanol–water partition coefficient (Wildman–Crippen LogP) is 1.43. The van der Waals surface area contributed by atoms with E-state index in [1.807, 2.05) is 24.3 Å². The van der Waals surface area contributed by atoms with Gasteiger partial charge in [-0.1, -0.05) is 30.3 Å². The van der Waals surface area contributed by atoms with Crippen molar-refractivity contribution in [2.75, 3.05) is 32.1 Å². The van der Waals surface area contributed by atoms with Gasteiger partial charge in [0.05, 0.1) is 18.4 Å². The number of hydrogen-bond acceptors (Lipinski definition) is 4. The van der Waals surface area contributed by atoms with Gasteiger partial charge in [0, 0.05) is 19.2 Å². The molecule has 1 heterocycles. The Morgan fingerprint density at radius 1 is 1.11 bits per heavy atom. The van der Waals surface area contributed by atoms with E-state index in [-0.39, 0.29) is 37.4 Å². The fourth-order valence-corrected chi connectivity index (χ4v) is 3.01. The van der Waals surface area contributed by atoms with Gasteiger partial charge in [0.2, 0.25) is 11.8 Å². The molecule has 1 aliphatic heterocycles. The third-order valence-electron chi connectivity index (χ3n) is 4.42. The second-order valence-corrected chi connectivity index (χ2v) is 6.25. The molecule has 0 unspecified atom stereocenters. The van der Waals surface area contributed by atoms with Crippen molar-refractivity contribution in [2.45, 2.75) is 6.54 Å². The average molecular weight is 367 g/mol. The lowest BCUT2D eigenvalue weighted by molar-refractivity contribution is -0.124. The smallest absolute Gasteiger partial charge is 0.256 e. The molecule has 0 fully saturated rings. The number of anilines is 1. The standard InChI is InChI=1S/C20H21N3O4/c1-22-13-19(25)23(16-9-5-4-8-15(16)20(22)26)12-18(24)21-11-14-7-3-6-10-17(14)27-2/h3-10H,11-13H2,1-2H3,(H,21,24). The fourth-order valence-electron chi connectivity index (χ4n) is 3.01. The minimum absolute atomic E-state index is 0.0761. The molecule has 3 amide bonds. The summed E-state index contributed by atoms with van der Waals surface area (Å²) in [5.41, 5.74) is 1.69. The molecule has 0 atom stereocenters. The Labute approximate surface area is 157 Å². The Morgan fingerprint density at radius 2 is 1.81 bits per heavy atom. The van der Waals surface area contributed by atoms with Gasteiger partial charge in [-0.25, -0.2) is 0 Å². The average Bonchev–Trinajstić information content (AvgIpc) is 2.77. The van der Waals surface area contributed by atoms with E-state index in [2.05, 4.69) is 5.32 Å². The van der Waals surface area contributed by atoms with Gasteiger partial charge in [-0.3, -0.25) is 14.4 Å². The van der Waals surface area contributed by atoms with E-state index in [9.17, 15) is 14.4 Å². The second kappa shape index (κ2) is 7.90. The summed E-state index contributed by atoms with van der Waals surface area (Å²) in [5.74, 6) is -0.179. The van der Waals surface area contributed by atoms with Crippen LogP contribution in [0.1, 0.15) is 15.9 Å². The van der Waals surface area contributed by atoms with E-state index in [1.165, 1.54) is 9.80 Å². The van der Waals surface area contributed by atoms with Gasteiger partial charge >= 0.3 is 0 Å². The number of fused-ring (bicyclic) bond motifs is 1. The largest absolute Gasteiger partial charge is 0.496 e. The zero-order chi connectivity index (χ0) is 19.4. The number of amides is 3. The van der Waals surface area contributed by atoms with Crippen LogP contribution in [0.5, 0.6) is 5.75 Å². The molecule has 2 aromatic rings. The van der Waals surface area contributed by atoms with Crippen molar-refractivity contribution >= 4 is 23.4 Å². The molecule has 0 radical (unpaired) electrons. The Kier molecular flexibility index (Phi) is 5.40. The Hall–Kier alpha value is -3.35. The number of carbonyl (C=O) groups excluding carboxylic acids is 3. The number of nitrogens with one attached hydrogen (secondary N) is 1. The number of nitrogens with zero attached hydrogens (tertiary/aromatic N) is 2. The summed E-state index contributed by atoms with van der Waals surface area (Å²) in [5, 5.41) is 2.80. The summed E-state index contributed by atoms with van der Waals surface area (Å²) in [6.45, 7) is 0.0464. The fraction of sp³-hybridized carbons (Fsp3) is 0.250. The molecule has 7 heteroatoms. The molecular formula is C20H21N3O4. The van der Waals surface area contributed by atoms with Gasteiger partial charge in [0.1, 0.15) is 18.8 Å². The van der Waals surface area contributed by atoms with E-state index in [1.54, 1.807) is 38.4 Å². The molecule has 7 nitrogen and oxygen atoms in total. The van der Waals surface area contributed by atoms with Gasteiger partial charge in [-0.05, 0) is 18.2 Å². The quantitative estimate of drug-likeness (QED) is 0.867. The maximum atomic E-state index is 12.6. The maximum Gasteiger partial charge on any atom is 0.256 e. The normalized spacial score (nSPS) is 13.9. The Morgan fingerprint density at radius 3 is 2.59 bits per heavy atom. The van der Waals surface area contributed by atoms with Crippen LogP contribution in [0.25, 0.3) is 0 Å². The first kappa shape index (κ1) is 18.4. The van der Waals surface area contributed by atoms with E-state index in [0.717, 1.165) is 5.56 Å². The molecule has 1 aliphatic rings. The molecule has 27 heavy (non-hydrogen) atoms. The number of carbonyl (C=O) groups is 3. The molecule has 0 bridgehead atoms.